The SMILES string of the molecule is COc1ccc(-c2nc(COC(=O)Cc3c(C)n[nH]c3C)cs2)cc1. The van der Waals surface area contributed by atoms with Crippen LogP contribution in [0.4, 0.5) is 0 Å². The van der Waals surface area contributed by atoms with E-state index in [0.29, 0.717) is 0 Å². The molecule has 0 atom stereocenters. The fraction of sp³-hybridized carbons (Fsp3) is 0.278. The number of methoxy groups -OCH3 is 1. The first-order valence-corrected chi connectivity index (χ1v) is 8.69. The maximum Gasteiger partial charge on any atom is 0.310 e. The summed E-state index contributed by atoms with van der Waals surface area (Å²) in [7, 11) is 1.64. The van der Waals surface area contributed by atoms with E-state index in [2.05, 4.69) is 15.2 Å². The summed E-state index contributed by atoms with van der Waals surface area (Å²) < 4.78 is 10.5. The summed E-state index contributed by atoms with van der Waals surface area (Å²) in [5.41, 5.74) is 4.36. The summed E-state index contributed by atoms with van der Waals surface area (Å²) in [6.45, 7) is 3.93. The molecule has 1 N–H and O–H groups in total. The van der Waals surface area contributed by atoms with Crippen LogP contribution in [0.1, 0.15) is 22.6 Å². The fourth-order valence-electron chi connectivity index (χ4n) is 2.42. The van der Waals surface area contributed by atoms with Crippen LogP contribution in [0.25, 0.3) is 10.6 Å². The van der Waals surface area contributed by atoms with Crippen molar-refractivity contribution in [2.45, 2.75) is 26.9 Å². The molecular formula is C18H19N3O3S. The van der Waals surface area contributed by atoms with E-state index in [1.807, 2.05) is 43.5 Å². The third-order valence-electron chi connectivity index (χ3n) is 3.87. The van der Waals surface area contributed by atoms with E-state index in [4.69, 9.17) is 9.47 Å². The lowest BCUT2D eigenvalue weighted by Gasteiger charge is -2.03. The number of aryl methyl sites for hydroxylation is 2. The maximum atomic E-state index is 12.0. The Morgan fingerprint density at radius 1 is 1.24 bits per heavy atom. The quantitative estimate of drug-likeness (QED) is 0.684. The molecule has 3 aromatic rings. The maximum absolute atomic E-state index is 12.0. The number of rotatable bonds is 6. The Hall–Kier alpha value is -2.67. The van der Waals surface area contributed by atoms with E-state index in [0.717, 1.165) is 39.0 Å². The minimum atomic E-state index is -0.286. The van der Waals surface area contributed by atoms with Crippen LogP contribution in [0.15, 0.2) is 29.6 Å². The number of carbonyl (C=O) groups is 1. The number of ether oxygens (including phenoxy) is 2. The second-order valence-electron chi connectivity index (χ2n) is 5.62. The molecule has 2 heterocycles. The molecule has 25 heavy (non-hydrogen) atoms. The normalized spacial score (nSPS) is 10.7. The van der Waals surface area contributed by atoms with Gasteiger partial charge in [-0.3, -0.25) is 9.89 Å². The number of H-pyrrole nitrogens is 1. The Morgan fingerprint density at radius 3 is 2.64 bits per heavy atom. The number of esters is 1. The van der Waals surface area contributed by atoms with Gasteiger partial charge in [0.25, 0.3) is 0 Å². The average Bonchev–Trinajstić information content (AvgIpc) is 3.22. The van der Waals surface area contributed by atoms with Gasteiger partial charge >= 0.3 is 5.97 Å². The van der Waals surface area contributed by atoms with E-state index in [1.54, 1.807) is 7.11 Å². The van der Waals surface area contributed by atoms with E-state index in [-0.39, 0.29) is 19.0 Å². The van der Waals surface area contributed by atoms with E-state index < -0.39 is 0 Å². The molecule has 0 fully saturated rings. The van der Waals surface area contributed by atoms with Crippen molar-refractivity contribution >= 4 is 17.3 Å². The molecule has 0 spiro atoms. The Morgan fingerprint density at radius 2 is 2.00 bits per heavy atom. The molecule has 0 saturated carbocycles. The van der Waals surface area contributed by atoms with Crippen molar-refractivity contribution < 1.29 is 14.3 Å². The number of aromatic amines is 1. The minimum Gasteiger partial charge on any atom is -0.497 e. The number of aromatic nitrogens is 3. The van der Waals surface area contributed by atoms with Gasteiger partial charge in [-0.25, -0.2) is 4.98 Å². The summed E-state index contributed by atoms with van der Waals surface area (Å²) >= 11 is 1.52. The van der Waals surface area contributed by atoms with Crippen LogP contribution in [0.2, 0.25) is 0 Å². The second-order valence-corrected chi connectivity index (χ2v) is 6.48. The molecule has 0 radical (unpaired) electrons. The summed E-state index contributed by atoms with van der Waals surface area (Å²) in [6, 6.07) is 7.70. The van der Waals surface area contributed by atoms with Crippen LogP contribution < -0.4 is 4.74 Å². The number of benzene rings is 1. The Bertz CT molecular complexity index is 849. The van der Waals surface area contributed by atoms with Gasteiger partial charge in [-0.2, -0.15) is 5.10 Å². The third-order valence-corrected chi connectivity index (χ3v) is 4.81. The highest BCUT2D eigenvalue weighted by molar-refractivity contribution is 7.13. The van der Waals surface area contributed by atoms with Gasteiger partial charge in [0.05, 0.1) is 24.9 Å². The Kier molecular flexibility index (Phi) is 5.14. The van der Waals surface area contributed by atoms with Crippen molar-refractivity contribution in [1.82, 2.24) is 15.2 Å². The lowest BCUT2D eigenvalue weighted by molar-refractivity contribution is -0.144. The Balaban J connectivity index is 1.58. The van der Waals surface area contributed by atoms with E-state index in [1.165, 1.54) is 11.3 Å². The van der Waals surface area contributed by atoms with E-state index in [9.17, 15) is 4.79 Å². The molecule has 130 valence electrons. The summed E-state index contributed by atoms with van der Waals surface area (Å²) in [5, 5.41) is 9.74. The average molecular weight is 357 g/mol. The fourth-order valence-corrected chi connectivity index (χ4v) is 3.23. The van der Waals surface area contributed by atoms with Crippen LogP contribution in [-0.2, 0) is 22.6 Å². The highest BCUT2D eigenvalue weighted by Crippen LogP contribution is 2.26. The Labute approximate surface area is 149 Å². The number of carbonyl (C=O) groups excluding carboxylic acids is 1. The number of hydrogen-bond acceptors (Lipinski definition) is 6. The van der Waals surface area contributed by atoms with Crippen molar-refractivity contribution in [3.05, 3.63) is 52.3 Å². The number of hydrogen-bond donors (Lipinski definition) is 1. The van der Waals surface area contributed by atoms with Crippen LogP contribution >= 0.6 is 11.3 Å². The van der Waals surface area contributed by atoms with Crippen molar-refractivity contribution in [3.8, 4) is 16.3 Å². The van der Waals surface area contributed by atoms with Gasteiger partial charge < -0.3 is 9.47 Å². The molecular weight excluding hydrogens is 338 g/mol. The minimum absolute atomic E-state index is 0.168. The van der Waals surface area contributed by atoms with Gasteiger partial charge in [-0.15, -0.1) is 11.3 Å². The molecule has 0 aliphatic rings. The summed E-state index contributed by atoms with van der Waals surface area (Å²) in [4.78, 5) is 16.6. The predicted octanol–water partition coefficient (Wildman–Crippen LogP) is 3.44. The van der Waals surface area contributed by atoms with Gasteiger partial charge in [0, 0.05) is 22.2 Å². The lowest BCUT2D eigenvalue weighted by atomic mass is 10.1. The van der Waals surface area contributed by atoms with Crippen LogP contribution in [-0.4, -0.2) is 28.3 Å². The van der Waals surface area contributed by atoms with E-state index >= 15 is 0 Å². The van der Waals surface area contributed by atoms with Crippen molar-refractivity contribution in [2.75, 3.05) is 7.11 Å². The molecule has 0 aliphatic heterocycles. The van der Waals surface area contributed by atoms with Crippen LogP contribution in [0.3, 0.4) is 0 Å². The monoisotopic (exact) mass is 357 g/mol. The molecule has 0 saturated heterocycles. The molecule has 0 unspecified atom stereocenters. The lowest BCUT2D eigenvalue weighted by Crippen LogP contribution is -2.09. The van der Waals surface area contributed by atoms with Crippen molar-refractivity contribution in [1.29, 1.82) is 0 Å². The highest BCUT2D eigenvalue weighted by atomic mass is 32.1. The zero-order valence-corrected chi connectivity index (χ0v) is 15.1. The van der Waals surface area contributed by atoms with Gasteiger partial charge in [0.15, 0.2) is 0 Å². The van der Waals surface area contributed by atoms with Crippen molar-refractivity contribution in [3.63, 3.8) is 0 Å². The molecule has 2 aromatic heterocycles. The molecule has 6 nitrogen and oxygen atoms in total. The second kappa shape index (κ2) is 7.48. The number of nitrogens with one attached hydrogen (secondary N) is 1. The highest BCUT2D eigenvalue weighted by Gasteiger charge is 2.13. The molecule has 3 rings (SSSR count). The summed E-state index contributed by atoms with van der Waals surface area (Å²) in [6.07, 6.45) is 0.212. The molecule has 0 aliphatic carbocycles. The first-order valence-electron chi connectivity index (χ1n) is 7.81. The van der Waals surface area contributed by atoms with Crippen LogP contribution in [0.5, 0.6) is 5.75 Å². The predicted molar refractivity (Wildman–Crippen MR) is 95.7 cm³/mol. The van der Waals surface area contributed by atoms with Gasteiger partial charge in [-0.1, -0.05) is 0 Å². The first kappa shape index (κ1) is 17.2. The number of thiazole rings is 1. The topological polar surface area (TPSA) is 77.1 Å². The van der Waals surface area contributed by atoms with Gasteiger partial charge in [0.1, 0.15) is 17.4 Å². The van der Waals surface area contributed by atoms with Crippen LogP contribution in [0, 0.1) is 13.8 Å². The third kappa shape index (κ3) is 4.06. The largest absolute Gasteiger partial charge is 0.497 e. The first-order chi connectivity index (χ1) is 12.1. The molecule has 0 bridgehead atoms. The zero-order chi connectivity index (χ0) is 17.8. The van der Waals surface area contributed by atoms with Gasteiger partial charge in [-0.05, 0) is 38.1 Å². The standard InChI is InChI=1S/C18H19N3O3S/c1-11-16(12(2)21-20-11)8-17(22)24-9-14-10-25-18(19-14)13-4-6-15(23-3)7-5-13/h4-7,10H,8-9H2,1-3H3,(H,20,21). The molecule has 1 aromatic carbocycles. The number of nitrogens with zero attached hydrogens (tertiary/aromatic N) is 2. The molecule has 0 amide bonds. The van der Waals surface area contributed by atoms with Gasteiger partial charge in [0.2, 0.25) is 0 Å². The summed E-state index contributed by atoms with van der Waals surface area (Å²) in [5.74, 6) is 0.519. The van der Waals surface area contributed by atoms with Crippen molar-refractivity contribution in [2.24, 2.45) is 0 Å². The smallest absolute Gasteiger partial charge is 0.310 e. The zero-order valence-electron chi connectivity index (χ0n) is 14.3. The molecule has 7 heteroatoms.